The Hall–Kier alpha value is -2.31. The minimum Gasteiger partial charge on any atom is -0.497 e. The van der Waals surface area contributed by atoms with Gasteiger partial charge in [-0.25, -0.2) is 0 Å². The lowest BCUT2D eigenvalue weighted by Gasteiger charge is -2.29. The number of likely N-dealkylation sites (tertiary alicyclic amines) is 1. The second kappa shape index (κ2) is 6.94. The fourth-order valence-electron chi connectivity index (χ4n) is 5.42. The quantitative estimate of drug-likeness (QED) is 0.832. The van der Waals surface area contributed by atoms with Crippen molar-refractivity contribution in [2.75, 3.05) is 26.7 Å². The predicted octanol–water partition coefficient (Wildman–Crippen LogP) is 2.70. The molecule has 0 unspecified atom stereocenters. The number of nitrogens with one attached hydrogen (secondary N) is 1. The van der Waals surface area contributed by atoms with Crippen molar-refractivity contribution in [2.45, 2.75) is 31.1 Å². The number of hydrogen-bond donors (Lipinski definition) is 1. The molecule has 28 heavy (non-hydrogen) atoms. The molecule has 1 N–H and O–H groups in total. The molecule has 148 valence electrons. The molecule has 0 saturated carbocycles. The normalized spacial score (nSPS) is 31.1. The Balaban J connectivity index is 1.25. The molecule has 6 nitrogen and oxygen atoms in total. The lowest BCUT2D eigenvalue weighted by Crippen LogP contribution is -2.41. The maximum atomic E-state index is 12.3. The summed E-state index contributed by atoms with van der Waals surface area (Å²) in [6.07, 6.45) is 5.50. The molecule has 3 saturated heterocycles. The summed E-state index contributed by atoms with van der Waals surface area (Å²) in [6.45, 7) is 3.54. The van der Waals surface area contributed by atoms with Gasteiger partial charge in [0.15, 0.2) is 0 Å². The van der Waals surface area contributed by atoms with E-state index < -0.39 is 0 Å². The molecule has 3 aliphatic heterocycles. The highest BCUT2D eigenvalue weighted by Crippen LogP contribution is 2.54. The largest absolute Gasteiger partial charge is 0.497 e. The third-order valence-electron chi connectivity index (χ3n) is 6.68. The summed E-state index contributed by atoms with van der Waals surface area (Å²) < 4.78 is 16.9. The fourth-order valence-corrected chi connectivity index (χ4v) is 5.42. The van der Waals surface area contributed by atoms with E-state index in [1.807, 2.05) is 12.1 Å². The van der Waals surface area contributed by atoms with Gasteiger partial charge in [0, 0.05) is 38.0 Å². The van der Waals surface area contributed by atoms with Crippen molar-refractivity contribution < 1.29 is 18.7 Å². The summed E-state index contributed by atoms with van der Waals surface area (Å²) in [4.78, 5) is 14.8. The van der Waals surface area contributed by atoms with Gasteiger partial charge < -0.3 is 19.2 Å². The number of methoxy groups -OCH3 is 1. The van der Waals surface area contributed by atoms with Crippen LogP contribution in [-0.2, 0) is 11.3 Å². The highest BCUT2D eigenvalue weighted by molar-refractivity contribution is 5.93. The van der Waals surface area contributed by atoms with Crippen LogP contribution >= 0.6 is 0 Å². The van der Waals surface area contributed by atoms with E-state index >= 15 is 0 Å². The van der Waals surface area contributed by atoms with Crippen molar-refractivity contribution in [3.8, 4) is 5.75 Å². The Morgan fingerprint density at radius 3 is 3.14 bits per heavy atom. The molecule has 5 rings (SSSR count). The Morgan fingerprint density at radius 2 is 2.32 bits per heavy atom. The third kappa shape index (κ3) is 3.01. The van der Waals surface area contributed by atoms with Gasteiger partial charge in [-0.3, -0.25) is 9.69 Å². The molecule has 1 amide bonds. The predicted molar refractivity (Wildman–Crippen MR) is 103 cm³/mol. The molecule has 3 aliphatic rings. The number of rotatable bonds is 6. The maximum Gasteiger partial charge on any atom is 0.254 e. The number of furan rings is 1. The smallest absolute Gasteiger partial charge is 0.254 e. The van der Waals surface area contributed by atoms with Gasteiger partial charge in [-0.2, -0.15) is 0 Å². The molecule has 0 aliphatic carbocycles. The molecule has 1 aromatic heterocycles. The summed E-state index contributed by atoms with van der Waals surface area (Å²) in [7, 11) is 1.70. The molecule has 2 aromatic rings. The van der Waals surface area contributed by atoms with Gasteiger partial charge in [0.25, 0.3) is 5.91 Å². The highest BCUT2D eigenvalue weighted by atomic mass is 16.5. The van der Waals surface area contributed by atoms with E-state index in [1.165, 1.54) is 18.1 Å². The molecular formula is C22H26N2O4. The summed E-state index contributed by atoms with van der Waals surface area (Å²) in [5.74, 6) is 1.67. The number of carbonyl (C=O) groups is 1. The van der Waals surface area contributed by atoms with Crippen LogP contribution in [0, 0.1) is 11.8 Å². The number of fused-ring (bicyclic) bond motifs is 1. The van der Waals surface area contributed by atoms with Crippen molar-refractivity contribution in [1.29, 1.82) is 0 Å². The van der Waals surface area contributed by atoms with E-state index in [0.29, 0.717) is 23.9 Å². The van der Waals surface area contributed by atoms with Gasteiger partial charge >= 0.3 is 0 Å². The Kier molecular flexibility index (Phi) is 4.40. The van der Waals surface area contributed by atoms with E-state index in [4.69, 9.17) is 13.9 Å². The summed E-state index contributed by atoms with van der Waals surface area (Å²) in [5, 5.41) is 3.09. The number of amides is 1. The second-order valence-corrected chi connectivity index (χ2v) is 8.27. The van der Waals surface area contributed by atoms with Crippen LogP contribution in [0.3, 0.4) is 0 Å². The van der Waals surface area contributed by atoms with Crippen LogP contribution in [0.2, 0.25) is 0 Å². The number of benzene rings is 1. The molecule has 3 fully saturated rings. The molecule has 1 spiro atoms. The first-order valence-electron chi connectivity index (χ1n) is 10.0. The van der Waals surface area contributed by atoms with E-state index in [2.05, 4.69) is 22.3 Å². The minimum atomic E-state index is -0.0724. The van der Waals surface area contributed by atoms with E-state index in [0.717, 1.165) is 38.2 Å². The van der Waals surface area contributed by atoms with Gasteiger partial charge in [0.05, 0.1) is 30.6 Å². The number of carbonyl (C=O) groups excluding carboxylic acids is 1. The Bertz CT molecular complexity index is 852. The van der Waals surface area contributed by atoms with E-state index in [-0.39, 0.29) is 17.6 Å². The average Bonchev–Trinajstić information content (AvgIpc) is 3.47. The van der Waals surface area contributed by atoms with Crippen LogP contribution in [0.25, 0.3) is 0 Å². The number of hydrogen-bond acceptors (Lipinski definition) is 5. The van der Waals surface area contributed by atoms with E-state index in [1.54, 1.807) is 13.2 Å². The molecule has 4 heterocycles. The molecular weight excluding hydrogens is 356 g/mol. The van der Waals surface area contributed by atoms with Crippen LogP contribution < -0.4 is 10.1 Å². The first-order valence-corrected chi connectivity index (χ1v) is 10.0. The third-order valence-corrected chi connectivity index (χ3v) is 6.68. The zero-order valence-corrected chi connectivity index (χ0v) is 16.1. The van der Waals surface area contributed by atoms with Gasteiger partial charge in [-0.05, 0) is 36.6 Å². The van der Waals surface area contributed by atoms with Gasteiger partial charge in [0.2, 0.25) is 0 Å². The molecule has 4 atom stereocenters. The van der Waals surface area contributed by atoms with Gasteiger partial charge in [-0.1, -0.05) is 12.1 Å². The average molecular weight is 382 g/mol. The first kappa shape index (κ1) is 17.8. The molecule has 2 bridgehead atoms. The Labute approximate surface area is 164 Å². The van der Waals surface area contributed by atoms with E-state index in [9.17, 15) is 4.79 Å². The monoisotopic (exact) mass is 382 g/mol. The lowest BCUT2D eigenvalue weighted by molar-refractivity contribution is 0.00212. The standard InChI is InChI=1S/C22H26N2O4/c1-26-17-4-2-3-15(9-17)11-24-12-19-18(20-5-7-22(19,14-24)28-20)10-23-21(25)16-6-8-27-13-16/h2-4,6,8-9,13,18-20H,5,7,10-12,14H2,1H3,(H,23,25)/t18-,19+,20+,22+/m0/s1. The minimum absolute atomic E-state index is 0.0332. The molecule has 1 aromatic carbocycles. The highest BCUT2D eigenvalue weighted by Gasteiger charge is 2.62. The van der Waals surface area contributed by atoms with Crippen molar-refractivity contribution in [3.63, 3.8) is 0 Å². The van der Waals surface area contributed by atoms with Crippen LogP contribution in [0.1, 0.15) is 28.8 Å². The fraction of sp³-hybridized carbons (Fsp3) is 0.500. The lowest BCUT2D eigenvalue weighted by atomic mass is 9.73. The topological polar surface area (TPSA) is 63.9 Å². The zero-order chi connectivity index (χ0) is 19.1. The van der Waals surface area contributed by atoms with Crippen LogP contribution in [0.4, 0.5) is 0 Å². The number of nitrogens with zero attached hydrogens (tertiary/aromatic N) is 1. The van der Waals surface area contributed by atoms with Crippen LogP contribution in [0.5, 0.6) is 5.75 Å². The first-order chi connectivity index (χ1) is 13.7. The molecule has 6 heteroatoms. The van der Waals surface area contributed by atoms with Gasteiger partial charge in [0.1, 0.15) is 12.0 Å². The summed E-state index contributed by atoms with van der Waals surface area (Å²) >= 11 is 0. The summed E-state index contributed by atoms with van der Waals surface area (Å²) in [5.41, 5.74) is 1.80. The number of ether oxygens (including phenoxy) is 2. The zero-order valence-electron chi connectivity index (χ0n) is 16.1. The van der Waals surface area contributed by atoms with Crippen LogP contribution in [0.15, 0.2) is 47.3 Å². The van der Waals surface area contributed by atoms with Crippen molar-refractivity contribution >= 4 is 5.91 Å². The van der Waals surface area contributed by atoms with Crippen molar-refractivity contribution in [2.24, 2.45) is 11.8 Å². The van der Waals surface area contributed by atoms with Gasteiger partial charge in [-0.15, -0.1) is 0 Å². The maximum absolute atomic E-state index is 12.3. The summed E-state index contributed by atoms with van der Waals surface area (Å²) in [6, 6.07) is 9.96. The van der Waals surface area contributed by atoms with Crippen molar-refractivity contribution in [3.05, 3.63) is 54.0 Å². The molecule has 0 radical (unpaired) electrons. The van der Waals surface area contributed by atoms with Crippen LogP contribution in [-0.4, -0.2) is 49.3 Å². The Morgan fingerprint density at radius 1 is 1.39 bits per heavy atom. The SMILES string of the molecule is COc1cccc(CN2C[C@@H]3[C@H](CNC(=O)c4ccoc4)[C@H]4CC[C@]3(C2)O4)c1. The van der Waals surface area contributed by atoms with Crippen molar-refractivity contribution in [1.82, 2.24) is 10.2 Å². The second-order valence-electron chi connectivity index (χ2n) is 8.27.